The molecule has 4 rings (SSSR count). The summed E-state index contributed by atoms with van der Waals surface area (Å²) in [5.41, 5.74) is 2.92. The van der Waals surface area contributed by atoms with Gasteiger partial charge in [-0.25, -0.2) is 4.79 Å². The van der Waals surface area contributed by atoms with E-state index >= 15 is 0 Å². The summed E-state index contributed by atoms with van der Waals surface area (Å²) in [5, 5.41) is 5.93. The van der Waals surface area contributed by atoms with Crippen LogP contribution in [0.3, 0.4) is 0 Å². The smallest absolute Gasteiger partial charge is 0.319 e. The van der Waals surface area contributed by atoms with Crippen molar-refractivity contribution >= 4 is 11.7 Å². The minimum absolute atomic E-state index is 0.0592. The van der Waals surface area contributed by atoms with Crippen LogP contribution in [0.4, 0.5) is 10.5 Å². The number of anilines is 1. The molecule has 0 aliphatic carbocycles. The first-order chi connectivity index (χ1) is 15.3. The minimum Gasteiger partial charge on any atom is -0.455 e. The maximum Gasteiger partial charge on any atom is 0.319 e. The predicted molar refractivity (Wildman–Crippen MR) is 125 cm³/mol. The monoisotopic (exact) mass is 408 g/mol. The first kappa shape index (κ1) is 20.2. The Hall–Kier alpha value is -4.05. The number of amides is 2. The number of urea groups is 1. The summed E-state index contributed by atoms with van der Waals surface area (Å²) in [6.45, 7) is 0.474. The standard InChI is InChI=1S/C27H24N2O2/c30-27(29-25-18-10-11-19-26(25)31-23-16-8-3-9-17-23)28-20-24(21-12-4-1-5-13-21)22-14-6-2-7-15-22/h1-19,24H,20H2,(H2,28,29,30). The lowest BCUT2D eigenvalue weighted by molar-refractivity contribution is 0.251. The van der Waals surface area contributed by atoms with Crippen molar-refractivity contribution in [2.45, 2.75) is 5.92 Å². The van der Waals surface area contributed by atoms with E-state index in [9.17, 15) is 4.79 Å². The molecule has 0 aliphatic rings. The number of ether oxygens (including phenoxy) is 1. The topological polar surface area (TPSA) is 50.4 Å². The number of nitrogens with one attached hydrogen (secondary N) is 2. The number of rotatable bonds is 7. The zero-order valence-corrected chi connectivity index (χ0v) is 17.1. The maximum atomic E-state index is 12.7. The third-order valence-electron chi connectivity index (χ3n) is 4.98. The van der Waals surface area contributed by atoms with Crippen LogP contribution in [-0.4, -0.2) is 12.6 Å². The van der Waals surface area contributed by atoms with E-state index in [1.807, 2.05) is 91.0 Å². The van der Waals surface area contributed by atoms with Gasteiger partial charge in [0.1, 0.15) is 5.75 Å². The molecular formula is C27H24N2O2. The number of hydrogen-bond acceptors (Lipinski definition) is 2. The first-order valence-corrected chi connectivity index (χ1v) is 10.3. The maximum absolute atomic E-state index is 12.7. The Morgan fingerprint density at radius 2 is 1.19 bits per heavy atom. The van der Waals surface area contributed by atoms with Crippen molar-refractivity contribution in [3.05, 3.63) is 126 Å². The summed E-state index contributed by atoms with van der Waals surface area (Å²) in [6, 6.07) is 37.0. The number of benzene rings is 4. The third-order valence-corrected chi connectivity index (χ3v) is 4.98. The molecule has 2 amide bonds. The molecule has 0 aliphatic heterocycles. The second kappa shape index (κ2) is 10.1. The quantitative estimate of drug-likeness (QED) is 0.370. The van der Waals surface area contributed by atoms with Crippen LogP contribution >= 0.6 is 0 Å². The fraction of sp³-hybridized carbons (Fsp3) is 0.0741. The molecular weight excluding hydrogens is 384 g/mol. The van der Waals surface area contributed by atoms with Crippen LogP contribution in [0, 0.1) is 0 Å². The number of hydrogen-bond donors (Lipinski definition) is 2. The van der Waals surface area contributed by atoms with Crippen LogP contribution in [-0.2, 0) is 0 Å². The molecule has 0 unspecified atom stereocenters. The van der Waals surface area contributed by atoms with E-state index < -0.39 is 0 Å². The highest BCUT2D eigenvalue weighted by Crippen LogP contribution is 2.29. The normalized spacial score (nSPS) is 10.5. The van der Waals surface area contributed by atoms with Crippen molar-refractivity contribution in [3.63, 3.8) is 0 Å². The van der Waals surface area contributed by atoms with Gasteiger partial charge >= 0.3 is 6.03 Å². The molecule has 4 nitrogen and oxygen atoms in total. The zero-order valence-electron chi connectivity index (χ0n) is 17.1. The van der Waals surface area contributed by atoms with Crippen molar-refractivity contribution < 1.29 is 9.53 Å². The van der Waals surface area contributed by atoms with Gasteiger partial charge in [-0.05, 0) is 35.4 Å². The summed E-state index contributed by atoms with van der Waals surface area (Å²) in [5.74, 6) is 1.36. The highest BCUT2D eigenvalue weighted by Gasteiger charge is 2.16. The largest absolute Gasteiger partial charge is 0.455 e. The third kappa shape index (κ3) is 5.52. The molecule has 0 saturated heterocycles. The highest BCUT2D eigenvalue weighted by atomic mass is 16.5. The molecule has 0 bridgehead atoms. The van der Waals surface area contributed by atoms with Gasteiger partial charge in [-0.1, -0.05) is 91.0 Å². The fourth-order valence-electron chi connectivity index (χ4n) is 3.43. The van der Waals surface area contributed by atoms with Gasteiger partial charge in [0, 0.05) is 12.5 Å². The molecule has 0 saturated carbocycles. The molecule has 0 fully saturated rings. The van der Waals surface area contributed by atoms with Crippen LogP contribution in [0.2, 0.25) is 0 Å². The zero-order chi connectivity index (χ0) is 21.3. The SMILES string of the molecule is O=C(NCC(c1ccccc1)c1ccccc1)Nc1ccccc1Oc1ccccc1. The van der Waals surface area contributed by atoms with Gasteiger partial charge in [0.25, 0.3) is 0 Å². The Kier molecular flexibility index (Phi) is 6.61. The number of carbonyl (C=O) groups is 1. The second-order valence-corrected chi connectivity index (χ2v) is 7.12. The van der Waals surface area contributed by atoms with E-state index in [1.54, 1.807) is 0 Å². The molecule has 31 heavy (non-hydrogen) atoms. The Labute approximate surface area is 182 Å². The van der Waals surface area contributed by atoms with Crippen molar-refractivity contribution in [2.75, 3.05) is 11.9 Å². The van der Waals surface area contributed by atoms with Gasteiger partial charge in [-0.2, -0.15) is 0 Å². The highest BCUT2D eigenvalue weighted by molar-refractivity contribution is 5.91. The van der Waals surface area contributed by atoms with E-state index in [0.29, 0.717) is 23.7 Å². The Morgan fingerprint density at radius 1 is 0.677 bits per heavy atom. The van der Waals surface area contributed by atoms with E-state index in [2.05, 4.69) is 34.9 Å². The van der Waals surface area contributed by atoms with Gasteiger partial charge in [0.2, 0.25) is 0 Å². The Balaban J connectivity index is 1.45. The first-order valence-electron chi connectivity index (χ1n) is 10.3. The molecule has 4 aromatic carbocycles. The van der Waals surface area contributed by atoms with Crippen LogP contribution in [0.25, 0.3) is 0 Å². The van der Waals surface area contributed by atoms with E-state index in [-0.39, 0.29) is 11.9 Å². The lowest BCUT2D eigenvalue weighted by Gasteiger charge is -2.19. The molecule has 0 radical (unpaired) electrons. The van der Waals surface area contributed by atoms with Crippen LogP contribution in [0.1, 0.15) is 17.0 Å². The molecule has 0 spiro atoms. The van der Waals surface area contributed by atoms with E-state index in [1.165, 1.54) is 0 Å². The van der Waals surface area contributed by atoms with E-state index in [0.717, 1.165) is 11.1 Å². The lowest BCUT2D eigenvalue weighted by atomic mass is 9.91. The lowest BCUT2D eigenvalue weighted by Crippen LogP contribution is -2.32. The van der Waals surface area contributed by atoms with Gasteiger partial charge in [0.15, 0.2) is 5.75 Å². The summed E-state index contributed by atoms with van der Waals surface area (Å²) < 4.78 is 5.93. The summed E-state index contributed by atoms with van der Waals surface area (Å²) in [4.78, 5) is 12.7. The summed E-state index contributed by atoms with van der Waals surface area (Å²) in [7, 11) is 0. The molecule has 0 heterocycles. The van der Waals surface area contributed by atoms with Gasteiger partial charge in [0.05, 0.1) is 5.69 Å². The van der Waals surface area contributed by atoms with Crippen LogP contribution < -0.4 is 15.4 Å². The molecule has 154 valence electrons. The predicted octanol–water partition coefficient (Wildman–Crippen LogP) is 6.43. The number of para-hydroxylation sites is 3. The van der Waals surface area contributed by atoms with Crippen molar-refractivity contribution in [1.29, 1.82) is 0 Å². The van der Waals surface area contributed by atoms with Gasteiger partial charge in [-0.3, -0.25) is 0 Å². The molecule has 4 heteroatoms. The van der Waals surface area contributed by atoms with E-state index in [4.69, 9.17) is 4.74 Å². The summed E-state index contributed by atoms with van der Waals surface area (Å²) in [6.07, 6.45) is 0. The van der Waals surface area contributed by atoms with Crippen LogP contribution in [0.5, 0.6) is 11.5 Å². The fourth-order valence-corrected chi connectivity index (χ4v) is 3.43. The molecule has 0 aromatic heterocycles. The van der Waals surface area contributed by atoms with Crippen molar-refractivity contribution in [3.8, 4) is 11.5 Å². The number of carbonyl (C=O) groups excluding carboxylic acids is 1. The summed E-state index contributed by atoms with van der Waals surface area (Å²) >= 11 is 0. The van der Waals surface area contributed by atoms with Gasteiger partial charge < -0.3 is 15.4 Å². The van der Waals surface area contributed by atoms with Gasteiger partial charge in [-0.15, -0.1) is 0 Å². The molecule has 0 atom stereocenters. The average Bonchev–Trinajstić information content (AvgIpc) is 2.83. The van der Waals surface area contributed by atoms with Crippen molar-refractivity contribution in [2.24, 2.45) is 0 Å². The molecule has 2 N–H and O–H groups in total. The van der Waals surface area contributed by atoms with Crippen molar-refractivity contribution in [1.82, 2.24) is 5.32 Å². The molecule has 4 aromatic rings. The minimum atomic E-state index is -0.277. The average molecular weight is 409 g/mol. The Bertz CT molecular complexity index is 1060. The Morgan fingerprint density at radius 3 is 1.81 bits per heavy atom. The van der Waals surface area contributed by atoms with Crippen LogP contribution in [0.15, 0.2) is 115 Å². The second-order valence-electron chi connectivity index (χ2n) is 7.12.